The minimum atomic E-state index is 0.00448. The Hall–Kier alpha value is -3.15. The Morgan fingerprint density at radius 3 is 2.55 bits per heavy atom. The number of H-pyrrole nitrogens is 1. The first-order valence-corrected chi connectivity index (χ1v) is 10.3. The monoisotopic (exact) mass is 387 g/mol. The number of imidazole rings is 1. The van der Waals surface area contributed by atoms with E-state index < -0.39 is 0 Å². The van der Waals surface area contributed by atoms with Crippen molar-refractivity contribution in [2.45, 2.75) is 38.0 Å². The summed E-state index contributed by atoms with van der Waals surface area (Å²) in [6.07, 6.45) is 10.0. The number of rotatable bonds is 3. The molecular weight excluding hydrogens is 362 g/mol. The summed E-state index contributed by atoms with van der Waals surface area (Å²) in [4.78, 5) is 26.8. The fraction of sp³-hybridized carbons (Fsp3) is 0.348. The number of carbonyl (C=O) groups is 1. The maximum absolute atomic E-state index is 12.2. The maximum atomic E-state index is 12.2. The van der Waals surface area contributed by atoms with Gasteiger partial charge in [-0.15, -0.1) is 0 Å². The van der Waals surface area contributed by atoms with Gasteiger partial charge >= 0.3 is 0 Å². The molecule has 1 aliphatic carbocycles. The van der Waals surface area contributed by atoms with Gasteiger partial charge in [0.05, 0.1) is 22.9 Å². The Balaban J connectivity index is 1.67. The standard InChI is InChI=1S/C23H25N5O/c1-27(2)23(29)17-10-8-15(9-11-17)20-19-14-25-21-18(12-13-24-21)28(19)22(26-20)16-6-4-3-5-7-16/h8-14,16,24H,3-7H2,1-2H3. The molecule has 0 radical (unpaired) electrons. The summed E-state index contributed by atoms with van der Waals surface area (Å²) in [5.41, 5.74) is 5.60. The predicted octanol–water partition coefficient (Wildman–Crippen LogP) is 4.63. The first-order chi connectivity index (χ1) is 14.1. The molecule has 0 atom stereocenters. The topological polar surface area (TPSA) is 66.3 Å². The number of amides is 1. The van der Waals surface area contributed by atoms with Gasteiger partial charge in [-0.25, -0.2) is 9.97 Å². The molecule has 0 unspecified atom stereocenters. The second-order valence-electron chi connectivity index (χ2n) is 8.12. The number of hydrogen-bond donors (Lipinski definition) is 1. The van der Waals surface area contributed by atoms with Crippen molar-refractivity contribution >= 4 is 22.6 Å². The minimum Gasteiger partial charge on any atom is -0.345 e. The Bertz CT molecular complexity index is 1180. The number of benzene rings is 1. The van der Waals surface area contributed by atoms with Crippen LogP contribution < -0.4 is 0 Å². The molecule has 3 heterocycles. The van der Waals surface area contributed by atoms with E-state index >= 15 is 0 Å². The predicted molar refractivity (Wildman–Crippen MR) is 114 cm³/mol. The second-order valence-corrected chi connectivity index (χ2v) is 8.12. The van der Waals surface area contributed by atoms with Crippen molar-refractivity contribution in [2.75, 3.05) is 14.1 Å². The van der Waals surface area contributed by atoms with E-state index in [1.165, 1.54) is 32.1 Å². The lowest BCUT2D eigenvalue weighted by molar-refractivity contribution is 0.0827. The molecule has 0 spiro atoms. The number of nitrogens with one attached hydrogen (secondary N) is 1. The zero-order chi connectivity index (χ0) is 20.0. The van der Waals surface area contributed by atoms with E-state index in [0.717, 1.165) is 33.8 Å². The molecule has 6 nitrogen and oxygen atoms in total. The highest BCUT2D eigenvalue weighted by atomic mass is 16.2. The third kappa shape index (κ3) is 2.99. The molecule has 1 aromatic carbocycles. The number of fused-ring (bicyclic) bond motifs is 3. The van der Waals surface area contributed by atoms with Crippen LogP contribution in [0.2, 0.25) is 0 Å². The van der Waals surface area contributed by atoms with Gasteiger partial charge in [0.1, 0.15) is 5.82 Å². The van der Waals surface area contributed by atoms with Crippen LogP contribution in [0.15, 0.2) is 42.7 Å². The first kappa shape index (κ1) is 17.9. The Labute approximate surface area is 169 Å². The van der Waals surface area contributed by atoms with Crippen LogP contribution in [0, 0.1) is 0 Å². The van der Waals surface area contributed by atoms with Crippen LogP contribution in [0.3, 0.4) is 0 Å². The molecule has 0 saturated heterocycles. The highest BCUT2D eigenvalue weighted by Gasteiger charge is 2.24. The Morgan fingerprint density at radius 2 is 1.83 bits per heavy atom. The first-order valence-electron chi connectivity index (χ1n) is 10.3. The lowest BCUT2D eigenvalue weighted by Crippen LogP contribution is -2.21. The molecule has 148 valence electrons. The molecule has 1 fully saturated rings. The van der Waals surface area contributed by atoms with Gasteiger partial charge in [-0.2, -0.15) is 0 Å². The van der Waals surface area contributed by atoms with Gasteiger partial charge in [-0.3, -0.25) is 9.20 Å². The van der Waals surface area contributed by atoms with Crippen molar-refractivity contribution in [1.82, 2.24) is 24.3 Å². The molecule has 5 rings (SSSR count). The quantitative estimate of drug-likeness (QED) is 0.557. The second kappa shape index (κ2) is 7.03. The van der Waals surface area contributed by atoms with Crippen molar-refractivity contribution in [1.29, 1.82) is 0 Å². The number of carbonyl (C=O) groups excluding carboxylic acids is 1. The third-order valence-electron chi connectivity index (χ3n) is 5.98. The van der Waals surface area contributed by atoms with Gasteiger partial charge < -0.3 is 9.88 Å². The van der Waals surface area contributed by atoms with Gasteiger partial charge in [-0.05, 0) is 31.0 Å². The molecule has 6 heteroatoms. The number of hydrogen-bond acceptors (Lipinski definition) is 3. The van der Waals surface area contributed by atoms with Crippen LogP contribution >= 0.6 is 0 Å². The van der Waals surface area contributed by atoms with Gasteiger partial charge in [0, 0.05) is 37.3 Å². The lowest BCUT2D eigenvalue weighted by atomic mass is 9.89. The van der Waals surface area contributed by atoms with Gasteiger partial charge in [0.2, 0.25) is 0 Å². The summed E-state index contributed by atoms with van der Waals surface area (Å²) in [6.45, 7) is 0. The highest BCUT2D eigenvalue weighted by Crippen LogP contribution is 2.36. The summed E-state index contributed by atoms with van der Waals surface area (Å²) < 4.78 is 2.28. The minimum absolute atomic E-state index is 0.00448. The summed E-state index contributed by atoms with van der Waals surface area (Å²) >= 11 is 0. The van der Waals surface area contributed by atoms with Crippen LogP contribution in [-0.4, -0.2) is 44.3 Å². The van der Waals surface area contributed by atoms with Crippen molar-refractivity contribution in [3.05, 3.63) is 54.1 Å². The molecule has 0 bridgehead atoms. The van der Waals surface area contributed by atoms with Crippen molar-refractivity contribution in [2.24, 2.45) is 0 Å². The molecule has 29 heavy (non-hydrogen) atoms. The van der Waals surface area contributed by atoms with Crippen LogP contribution in [0.4, 0.5) is 0 Å². The van der Waals surface area contributed by atoms with E-state index in [9.17, 15) is 4.79 Å². The highest BCUT2D eigenvalue weighted by molar-refractivity contribution is 5.94. The van der Waals surface area contributed by atoms with Crippen LogP contribution in [0.5, 0.6) is 0 Å². The van der Waals surface area contributed by atoms with Crippen LogP contribution in [0.25, 0.3) is 27.9 Å². The van der Waals surface area contributed by atoms with Crippen molar-refractivity contribution in [3.8, 4) is 11.3 Å². The molecule has 0 aliphatic heterocycles. The average molecular weight is 387 g/mol. The molecule has 3 aromatic heterocycles. The SMILES string of the molecule is CN(C)C(=O)c1ccc(-c2nc(C3CCCCC3)n3c2cnc2[nH]ccc23)cc1. The summed E-state index contributed by atoms with van der Waals surface area (Å²) in [7, 11) is 3.53. The van der Waals surface area contributed by atoms with Crippen LogP contribution in [-0.2, 0) is 0 Å². The molecule has 4 aromatic rings. The Kier molecular flexibility index (Phi) is 4.34. The van der Waals surface area contributed by atoms with E-state index in [1.54, 1.807) is 19.0 Å². The van der Waals surface area contributed by atoms with Crippen molar-refractivity contribution < 1.29 is 4.79 Å². The lowest BCUT2D eigenvalue weighted by Gasteiger charge is -2.20. The van der Waals surface area contributed by atoms with E-state index in [4.69, 9.17) is 4.98 Å². The molecule has 1 amide bonds. The van der Waals surface area contributed by atoms with Crippen LogP contribution in [0.1, 0.15) is 54.2 Å². The summed E-state index contributed by atoms with van der Waals surface area (Å²) in [5, 5.41) is 0. The molecule has 1 aliphatic rings. The third-order valence-corrected chi connectivity index (χ3v) is 5.98. The zero-order valence-electron chi connectivity index (χ0n) is 16.9. The fourth-order valence-corrected chi connectivity index (χ4v) is 4.46. The average Bonchev–Trinajstić information content (AvgIpc) is 3.38. The normalized spacial score (nSPS) is 15.2. The van der Waals surface area contributed by atoms with E-state index in [0.29, 0.717) is 11.5 Å². The zero-order valence-corrected chi connectivity index (χ0v) is 16.9. The van der Waals surface area contributed by atoms with E-state index in [2.05, 4.69) is 20.4 Å². The van der Waals surface area contributed by atoms with E-state index in [-0.39, 0.29) is 5.91 Å². The van der Waals surface area contributed by atoms with Gasteiger partial charge in [-0.1, -0.05) is 31.4 Å². The smallest absolute Gasteiger partial charge is 0.253 e. The number of aromatic amines is 1. The molecular formula is C23H25N5O. The van der Waals surface area contributed by atoms with Gasteiger partial charge in [0.15, 0.2) is 5.65 Å². The van der Waals surface area contributed by atoms with E-state index in [1.807, 2.05) is 36.7 Å². The Morgan fingerprint density at radius 1 is 1.07 bits per heavy atom. The van der Waals surface area contributed by atoms with Gasteiger partial charge in [0.25, 0.3) is 5.91 Å². The molecule has 1 saturated carbocycles. The fourth-order valence-electron chi connectivity index (χ4n) is 4.46. The summed E-state index contributed by atoms with van der Waals surface area (Å²) in [5.74, 6) is 1.61. The summed E-state index contributed by atoms with van der Waals surface area (Å²) in [6, 6.07) is 9.82. The van der Waals surface area contributed by atoms with Crippen molar-refractivity contribution in [3.63, 3.8) is 0 Å². The maximum Gasteiger partial charge on any atom is 0.253 e. The number of aromatic nitrogens is 4. The molecule has 1 N–H and O–H groups in total. The largest absolute Gasteiger partial charge is 0.345 e. The number of nitrogens with zero attached hydrogens (tertiary/aromatic N) is 4.